The number of hydrogen-bond acceptors (Lipinski definition) is 5. The van der Waals surface area contributed by atoms with Gasteiger partial charge in [-0.1, -0.05) is 6.07 Å². The van der Waals surface area contributed by atoms with Gasteiger partial charge in [0, 0.05) is 36.0 Å². The number of piperidine rings is 1. The molecule has 30 heavy (non-hydrogen) atoms. The number of nitrogens with zero attached hydrogens (tertiary/aromatic N) is 2. The number of methoxy groups -OCH3 is 1. The zero-order valence-electron chi connectivity index (χ0n) is 18.0. The Morgan fingerprint density at radius 2 is 2.03 bits per heavy atom. The molecular formula is C24H28N4O2. The quantitative estimate of drug-likeness (QED) is 0.676. The molecule has 1 unspecified atom stereocenters. The van der Waals surface area contributed by atoms with Crippen molar-refractivity contribution in [1.82, 2.24) is 15.3 Å². The third kappa shape index (κ3) is 4.00. The first-order chi connectivity index (χ1) is 14.5. The van der Waals surface area contributed by atoms with Gasteiger partial charge in [-0.15, -0.1) is 0 Å². The molecule has 3 heterocycles. The smallest absolute Gasteiger partial charge is 0.221 e. The van der Waals surface area contributed by atoms with E-state index in [1.165, 1.54) is 6.92 Å². The summed E-state index contributed by atoms with van der Waals surface area (Å²) in [6, 6.07) is 10.1. The second kappa shape index (κ2) is 8.40. The molecule has 1 amide bonds. The van der Waals surface area contributed by atoms with Gasteiger partial charge in [0.05, 0.1) is 18.5 Å². The molecule has 156 valence electrons. The van der Waals surface area contributed by atoms with Crippen LogP contribution < -0.4 is 15.4 Å². The highest BCUT2D eigenvalue weighted by molar-refractivity contribution is 6.00. The van der Waals surface area contributed by atoms with E-state index in [9.17, 15) is 4.79 Å². The molecule has 2 aromatic heterocycles. The Morgan fingerprint density at radius 1 is 1.20 bits per heavy atom. The largest absolute Gasteiger partial charge is 0.496 e. The van der Waals surface area contributed by atoms with E-state index in [-0.39, 0.29) is 5.91 Å². The summed E-state index contributed by atoms with van der Waals surface area (Å²) in [7, 11) is 1.67. The summed E-state index contributed by atoms with van der Waals surface area (Å²) in [5.41, 5.74) is 6.25. The second-order valence-electron chi connectivity index (χ2n) is 8.05. The van der Waals surface area contributed by atoms with Crippen LogP contribution in [0, 0.1) is 13.8 Å². The van der Waals surface area contributed by atoms with Gasteiger partial charge in [-0.25, -0.2) is 9.97 Å². The highest BCUT2D eigenvalue weighted by Crippen LogP contribution is 2.36. The van der Waals surface area contributed by atoms with E-state index in [1.807, 2.05) is 32.0 Å². The first kappa shape index (κ1) is 20.3. The van der Waals surface area contributed by atoms with Crippen LogP contribution in [-0.2, 0) is 4.79 Å². The average Bonchev–Trinajstić information content (AvgIpc) is 2.72. The molecule has 0 radical (unpaired) electrons. The molecule has 4 rings (SSSR count). The van der Waals surface area contributed by atoms with E-state index in [0.29, 0.717) is 17.3 Å². The molecule has 6 nitrogen and oxygen atoms in total. The first-order valence-electron chi connectivity index (χ1n) is 10.4. The lowest BCUT2D eigenvalue weighted by molar-refractivity contribution is -0.114. The van der Waals surface area contributed by atoms with Crippen LogP contribution in [0.3, 0.4) is 0 Å². The zero-order valence-corrected chi connectivity index (χ0v) is 18.0. The van der Waals surface area contributed by atoms with E-state index in [0.717, 1.165) is 65.1 Å². The van der Waals surface area contributed by atoms with Gasteiger partial charge >= 0.3 is 0 Å². The molecule has 0 bridgehead atoms. The van der Waals surface area contributed by atoms with Crippen LogP contribution >= 0.6 is 0 Å². The Kier molecular flexibility index (Phi) is 5.68. The monoisotopic (exact) mass is 404 g/mol. The number of aryl methyl sites for hydroxylation is 2. The number of fused-ring (bicyclic) bond motifs is 1. The normalized spacial score (nSPS) is 16.5. The zero-order chi connectivity index (χ0) is 21.3. The summed E-state index contributed by atoms with van der Waals surface area (Å²) in [5, 5.41) is 7.24. The molecular weight excluding hydrogens is 376 g/mol. The van der Waals surface area contributed by atoms with E-state index < -0.39 is 0 Å². The van der Waals surface area contributed by atoms with Gasteiger partial charge in [0.1, 0.15) is 5.75 Å². The van der Waals surface area contributed by atoms with Crippen molar-refractivity contribution < 1.29 is 9.53 Å². The lowest BCUT2D eigenvalue weighted by Gasteiger charge is -2.22. The van der Waals surface area contributed by atoms with Crippen molar-refractivity contribution in [2.24, 2.45) is 0 Å². The molecule has 1 atom stereocenters. The van der Waals surface area contributed by atoms with Crippen molar-refractivity contribution in [3.63, 3.8) is 0 Å². The van der Waals surface area contributed by atoms with Crippen molar-refractivity contribution in [3.8, 4) is 17.0 Å². The van der Waals surface area contributed by atoms with E-state index in [1.54, 1.807) is 7.11 Å². The summed E-state index contributed by atoms with van der Waals surface area (Å²) in [6.45, 7) is 7.60. The maximum Gasteiger partial charge on any atom is 0.221 e. The minimum Gasteiger partial charge on any atom is -0.496 e. The fourth-order valence-electron chi connectivity index (χ4n) is 4.29. The second-order valence-corrected chi connectivity index (χ2v) is 8.05. The van der Waals surface area contributed by atoms with Gasteiger partial charge in [0.2, 0.25) is 5.91 Å². The lowest BCUT2D eigenvalue weighted by atomic mass is 9.95. The minimum absolute atomic E-state index is 0.124. The van der Waals surface area contributed by atoms with Crippen LogP contribution in [0.25, 0.3) is 22.3 Å². The molecule has 1 saturated heterocycles. The van der Waals surface area contributed by atoms with Crippen LogP contribution in [0.5, 0.6) is 5.75 Å². The predicted molar refractivity (Wildman–Crippen MR) is 120 cm³/mol. The number of amides is 1. The SMILES string of the molecule is COc1cc(C)cc(C)c1-c1cc(NC(C)=O)c2ccc(C3CCCNC3)nc2n1. The van der Waals surface area contributed by atoms with Crippen LogP contribution in [-0.4, -0.2) is 36.1 Å². The number of carbonyl (C=O) groups excluding carboxylic acids is 1. The van der Waals surface area contributed by atoms with Crippen LogP contribution in [0.1, 0.15) is 42.5 Å². The predicted octanol–water partition coefficient (Wildman–Crippen LogP) is 4.35. The van der Waals surface area contributed by atoms with E-state index in [2.05, 4.69) is 22.8 Å². The van der Waals surface area contributed by atoms with Crippen molar-refractivity contribution >= 4 is 22.6 Å². The lowest BCUT2D eigenvalue weighted by Crippen LogP contribution is -2.28. The molecule has 2 N–H and O–H groups in total. The Morgan fingerprint density at radius 3 is 2.73 bits per heavy atom. The summed E-state index contributed by atoms with van der Waals surface area (Å²) in [4.78, 5) is 21.7. The first-order valence-corrected chi connectivity index (χ1v) is 10.4. The fraction of sp³-hybridized carbons (Fsp3) is 0.375. The van der Waals surface area contributed by atoms with Gasteiger partial charge in [-0.2, -0.15) is 0 Å². The Balaban J connectivity index is 1.91. The third-order valence-corrected chi connectivity index (χ3v) is 5.64. The minimum atomic E-state index is -0.124. The van der Waals surface area contributed by atoms with E-state index in [4.69, 9.17) is 14.7 Å². The molecule has 0 aliphatic carbocycles. The Bertz CT molecular complexity index is 1100. The number of rotatable bonds is 4. The van der Waals surface area contributed by atoms with Crippen LogP contribution in [0.15, 0.2) is 30.3 Å². The number of hydrogen-bond donors (Lipinski definition) is 2. The molecule has 0 saturated carbocycles. The number of aromatic nitrogens is 2. The van der Waals surface area contributed by atoms with Crippen molar-refractivity contribution in [2.75, 3.05) is 25.5 Å². The highest BCUT2D eigenvalue weighted by Gasteiger charge is 2.19. The number of nitrogens with one attached hydrogen (secondary N) is 2. The highest BCUT2D eigenvalue weighted by atomic mass is 16.5. The maximum absolute atomic E-state index is 11.9. The van der Waals surface area contributed by atoms with Gasteiger partial charge in [-0.3, -0.25) is 4.79 Å². The molecule has 3 aromatic rings. The molecule has 1 aliphatic rings. The number of ether oxygens (including phenoxy) is 1. The molecule has 1 aliphatic heterocycles. The van der Waals surface area contributed by atoms with Gasteiger partial charge in [-0.05, 0) is 68.6 Å². The van der Waals surface area contributed by atoms with Crippen molar-refractivity contribution in [1.29, 1.82) is 0 Å². The Hall–Kier alpha value is -2.99. The number of anilines is 1. The van der Waals surface area contributed by atoms with Gasteiger partial charge in [0.25, 0.3) is 0 Å². The number of benzene rings is 1. The van der Waals surface area contributed by atoms with Crippen LogP contribution in [0.4, 0.5) is 5.69 Å². The molecule has 1 fully saturated rings. The third-order valence-electron chi connectivity index (χ3n) is 5.64. The van der Waals surface area contributed by atoms with Gasteiger partial charge < -0.3 is 15.4 Å². The van der Waals surface area contributed by atoms with Crippen molar-refractivity contribution in [3.05, 3.63) is 47.2 Å². The summed E-state index contributed by atoms with van der Waals surface area (Å²) in [6.07, 6.45) is 2.27. The summed E-state index contributed by atoms with van der Waals surface area (Å²) < 4.78 is 5.66. The van der Waals surface area contributed by atoms with Crippen molar-refractivity contribution in [2.45, 2.75) is 39.5 Å². The maximum atomic E-state index is 11.9. The van der Waals surface area contributed by atoms with Crippen LogP contribution in [0.2, 0.25) is 0 Å². The van der Waals surface area contributed by atoms with E-state index >= 15 is 0 Å². The summed E-state index contributed by atoms with van der Waals surface area (Å²) in [5.74, 6) is 1.02. The fourth-order valence-corrected chi connectivity index (χ4v) is 4.29. The average molecular weight is 405 g/mol. The standard InChI is InChI=1S/C24H28N4O2/c1-14-10-15(2)23(22(11-14)30-4)21-12-20(26-16(3)29)18-7-8-19(27-24(18)28-21)17-6-5-9-25-13-17/h7-8,10-12,17,25H,5-6,9,13H2,1-4H3,(H,26,27,28,29). The topological polar surface area (TPSA) is 76.1 Å². The Labute approximate surface area is 177 Å². The summed E-state index contributed by atoms with van der Waals surface area (Å²) >= 11 is 0. The molecule has 0 spiro atoms. The number of carbonyl (C=O) groups is 1. The van der Waals surface area contributed by atoms with Gasteiger partial charge in [0.15, 0.2) is 5.65 Å². The number of pyridine rings is 2. The molecule has 1 aromatic carbocycles. The molecule has 6 heteroatoms.